The van der Waals surface area contributed by atoms with Crippen molar-refractivity contribution >= 4 is 17.5 Å². The summed E-state index contributed by atoms with van der Waals surface area (Å²) in [6.07, 6.45) is 3.73. The first-order chi connectivity index (χ1) is 9.50. The fourth-order valence-electron chi connectivity index (χ4n) is 2.66. The number of hydrogen-bond donors (Lipinski definition) is 0. The van der Waals surface area contributed by atoms with Gasteiger partial charge < -0.3 is 4.90 Å². The minimum absolute atomic E-state index is 0.0189. The van der Waals surface area contributed by atoms with Gasteiger partial charge in [0.05, 0.1) is 11.8 Å². The van der Waals surface area contributed by atoms with Gasteiger partial charge in [-0.1, -0.05) is 25.0 Å². The van der Waals surface area contributed by atoms with Gasteiger partial charge in [0, 0.05) is 18.7 Å². The first-order valence-corrected chi connectivity index (χ1v) is 7.27. The van der Waals surface area contributed by atoms with E-state index in [-0.39, 0.29) is 29.3 Å². The Morgan fingerprint density at radius 1 is 1.35 bits per heavy atom. The molecule has 1 aliphatic rings. The predicted molar refractivity (Wildman–Crippen MR) is 74.7 cm³/mol. The topological polar surface area (TPSA) is 20.3 Å². The maximum Gasteiger partial charge on any atom is 0.227 e. The lowest BCUT2D eigenvalue weighted by Gasteiger charge is -2.35. The largest absolute Gasteiger partial charge is 0.341 e. The molecule has 2 atom stereocenters. The molecule has 20 heavy (non-hydrogen) atoms. The van der Waals surface area contributed by atoms with E-state index in [2.05, 4.69) is 0 Å². The molecule has 1 aliphatic carbocycles. The molecule has 0 bridgehead atoms. The number of hydrogen-bond acceptors (Lipinski definition) is 1. The van der Waals surface area contributed by atoms with Crippen molar-refractivity contribution in [3.8, 4) is 0 Å². The maximum absolute atomic E-state index is 13.6. The summed E-state index contributed by atoms with van der Waals surface area (Å²) >= 11 is 6.25. The van der Waals surface area contributed by atoms with Crippen LogP contribution >= 0.6 is 11.6 Å². The molecular formula is C15H18ClF2NO. The fourth-order valence-corrected chi connectivity index (χ4v) is 3.11. The van der Waals surface area contributed by atoms with Crippen molar-refractivity contribution < 1.29 is 13.6 Å². The third kappa shape index (κ3) is 3.29. The molecular weight excluding hydrogens is 284 g/mol. The maximum atomic E-state index is 13.6. The Morgan fingerprint density at radius 3 is 2.75 bits per heavy atom. The zero-order valence-corrected chi connectivity index (χ0v) is 12.2. The molecule has 5 heteroatoms. The van der Waals surface area contributed by atoms with E-state index in [9.17, 15) is 13.6 Å². The van der Waals surface area contributed by atoms with Crippen LogP contribution in [-0.4, -0.2) is 29.3 Å². The standard InChI is InChI=1S/C15H18ClF2NO/c1-19(13-8-3-2-6-11(13)16)14(20)9-10-5-4-7-12(17)15(10)18/h4-5,7,11,13H,2-3,6,8-9H2,1H3. The summed E-state index contributed by atoms with van der Waals surface area (Å²) in [6.45, 7) is 0. The molecule has 0 heterocycles. The summed E-state index contributed by atoms with van der Waals surface area (Å²) < 4.78 is 26.7. The Hall–Kier alpha value is -1.16. The van der Waals surface area contributed by atoms with Crippen LogP contribution in [0.4, 0.5) is 8.78 Å². The van der Waals surface area contributed by atoms with Crippen molar-refractivity contribution in [1.29, 1.82) is 0 Å². The van der Waals surface area contributed by atoms with E-state index in [0.717, 1.165) is 31.7 Å². The number of rotatable bonds is 3. The van der Waals surface area contributed by atoms with Gasteiger partial charge in [-0.15, -0.1) is 11.6 Å². The summed E-state index contributed by atoms with van der Waals surface area (Å²) in [5.74, 6) is -2.10. The van der Waals surface area contributed by atoms with E-state index in [0.29, 0.717) is 0 Å². The van der Waals surface area contributed by atoms with Gasteiger partial charge in [0.2, 0.25) is 5.91 Å². The van der Waals surface area contributed by atoms with Crippen LogP contribution in [0.3, 0.4) is 0 Å². The number of nitrogens with zero attached hydrogens (tertiary/aromatic N) is 1. The minimum Gasteiger partial charge on any atom is -0.341 e. The van der Waals surface area contributed by atoms with E-state index in [1.54, 1.807) is 11.9 Å². The van der Waals surface area contributed by atoms with Gasteiger partial charge in [-0.25, -0.2) is 8.78 Å². The highest BCUT2D eigenvalue weighted by molar-refractivity contribution is 6.21. The summed E-state index contributed by atoms with van der Waals surface area (Å²) in [4.78, 5) is 13.8. The van der Waals surface area contributed by atoms with Crippen molar-refractivity contribution in [3.63, 3.8) is 0 Å². The highest BCUT2D eigenvalue weighted by atomic mass is 35.5. The predicted octanol–water partition coefficient (Wildman–Crippen LogP) is 3.52. The molecule has 0 N–H and O–H groups in total. The first-order valence-electron chi connectivity index (χ1n) is 6.83. The Kier molecular flexibility index (Phi) is 4.97. The molecule has 0 aliphatic heterocycles. The van der Waals surface area contributed by atoms with Crippen molar-refractivity contribution in [1.82, 2.24) is 4.90 Å². The summed E-state index contributed by atoms with van der Waals surface area (Å²) in [7, 11) is 1.69. The second-order valence-corrected chi connectivity index (χ2v) is 5.82. The van der Waals surface area contributed by atoms with Crippen LogP contribution in [0.1, 0.15) is 31.2 Å². The van der Waals surface area contributed by atoms with Gasteiger partial charge in [0.15, 0.2) is 11.6 Å². The molecule has 1 fully saturated rings. The minimum atomic E-state index is -0.944. The van der Waals surface area contributed by atoms with E-state index < -0.39 is 11.6 Å². The van der Waals surface area contributed by atoms with E-state index >= 15 is 0 Å². The van der Waals surface area contributed by atoms with Crippen LogP contribution in [0.2, 0.25) is 0 Å². The number of carbonyl (C=O) groups is 1. The van der Waals surface area contributed by atoms with Crippen molar-refractivity contribution in [3.05, 3.63) is 35.4 Å². The smallest absolute Gasteiger partial charge is 0.227 e. The molecule has 1 amide bonds. The lowest BCUT2D eigenvalue weighted by Crippen LogP contribution is -2.44. The summed E-state index contributed by atoms with van der Waals surface area (Å²) in [5, 5.41) is -0.0601. The van der Waals surface area contributed by atoms with Gasteiger partial charge in [-0.3, -0.25) is 4.79 Å². The van der Waals surface area contributed by atoms with Gasteiger partial charge >= 0.3 is 0 Å². The fraction of sp³-hybridized carbons (Fsp3) is 0.533. The van der Waals surface area contributed by atoms with Crippen LogP contribution in [-0.2, 0) is 11.2 Å². The zero-order valence-electron chi connectivity index (χ0n) is 11.4. The molecule has 1 aromatic carbocycles. The van der Waals surface area contributed by atoms with Crippen LogP contribution in [0.25, 0.3) is 0 Å². The molecule has 0 spiro atoms. The number of alkyl halides is 1. The van der Waals surface area contributed by atoms with Crippen molar-refractivity contribution in [2.75, 3.05) is 7.05 Å². The van der Waals surface area contributed by atoms with Crippen LogP contribution in [0.15, 0.2) is 18.2 Å². The van der Waals surface area contributed by atoms with Crippen molar-refractivity contribution in [2.45, 2.75) is 43.5 Å². The Bertz CT molecular complexity index is 495. The van der Waals surface area contributed by atoms with Crippen LogP contribution < -0.4 is 0 Å². The summed E-state index contributed by atoms with van der Waals surface area (Å²) in [6, 6.07) is 3.87. The molecule has 110 valence electrons. The number of halogens is 3. The number of amides is 1. The molecule has 0 radical (unpaired) electrons. The van der Waals surface area contributed by atoms with Gasteiger partial charge in [0.1, 0.15) is 0 Å². The first kappa shape index (κ1) is 15.2. The SMILES string of the molecule is CN(C(=O)Cc1cccc(F)c1F)C1CCCCC1Cl. The zero-order chi connectivity index (χ0) is 14.7. The average Bonchev–Trinajstić information content (AvgIpc) is 2.43. The normalized spacial score (nSPS) is 22.6. The van der Waals surface area contributed by atoms with E-state index in [4.69, 9.17) is 11.6 Å². The van der Waals surface area contributed by atoms with E-state index in [1.807, 2.05) is 0 Å². The number of likely N-dealkylation sites (N-methyl/N-ethyl adjacent to an activating group) is 1. The quantitative estimate of drug-likeness (QED) is 0.782. The third-order valence-corrected chi connectivity index (χ3v) is 4.42. The van der Waals surface area contributed by atoms with Gasteiger partial charge in [-0.2, -0.15) is 0 Å². The summed E-state index contributed by atoms with van der Waals surface area (Å²) in [5.41, 5.74) is 0.0868. The molecule has 0 saturated heterocycles. The molecule has 2 nitrogen and oxygen atoms in total. The molecule has 1 saturated carbocycles. The third-order valence-electron chi connectivity index (χ3n) is 3.91. The monoisotopic (exact) mass is 301 g/mol. The van der Waals surface area contributed by atoms with Crippen molar-refractivity contribution in [2.24, 2.45) is 0 Å². The van der Waals surface area contributed by atoms with Gasteiger partial charge in [-0.05, 0) is 18.9 Å². The molecule has 2 rings (SSSR count). The second kappa shape index (κ2) is 6.53. The Morgan fingerprint density at radius 2 is 2.05 bits per heavy atom. The molecule has 1 aromatic rings. The Balaban J connectivity index is 2.05. The Labute approximate surface area is 122 Å². The van der Waals surface area contributed by atoms with E-state index in [1.165, 1.54) is 12.1 Å². The van der Waals surface area contributed by atoms with Crippen LogP contribution in [0, 0.1) is 11.6 Å². The molecule has 0 aromatic heterocycles. The number of carbonyl (C=O) groups excluding carboxylic acids is 1. The highest BCUT2D eigenvalue weighted by Crippen LogP contribution is 2.27. The van der Waals surface area contributed by atoms with Crippen LogP contribution in [0.5, 0.6) is 0 Å². The lowest BCUT2D eigenvalue weighted by atomic mass is 9.93. The second-order valence-electron chi connectivity index (χ2n) is 5.26. The highest BCUT2D eigenvalue weighted by Gasteiger charge is 2.29. The molecule has 2 unspecified atom stereocenters. The average molecular weight is 302 g/mol. The van der Waals surface area contributed by atoms with Gasteiger partial charge in [0.25, 0.3) is 0 Å². The lowest BCUT2D eigenvalue weighted by molar-refractivity contribution is -0.131. The number of benzene rings is 1.